The minimum Gasteiger partial charge on any atom is -0.345 e. The second-order valence-electron chi connectivity index (χ2n) is 6.01. The van der Waals surface area contributed by atoms with E-state index in [-0.39, 0.29) is 11.8 Å². The summed E-state index contributed by atoms with van der Waals surface area (Å²) in [6.45, 7) is 0. The van der Waals surface area contributed by atoms with Gasteiger partial charge in [-0.25, -0.2) is 8.42 Å². The summed E-state index contributed by atoms with van der Waals surface area (Å²) in [6.07, 6.45) is 1.09. The van der Waals surface area contributed by atoms with Crippen LogP contribution in [-0.2, 0) is 10.0 Å². The van der Waals surface area contributed by atoms with Crippen LogP contribution in [0.1, 0.15) is 20.7 Å². The van der Waals surface area contributed by atoms with Crippen molar-refractivity contribution < 1.29 is 18.0 Å². The Hall–Kier alpha value is -2.87. The lowest BCUT2D eigenvalue weighted by atomic mass is 10.1. The van der Waals surface area contributed by atoms with Crippen LogP contribution < -0.4 is 9.62 Å². The monoisotopic (exact) mass is 375 g/mol. The van der Waals surface area contributed by atoms with E-state index < -0.39 is 10.0 Å². The number of rotatable bonds is 5. The summed E-state index contributed by atoms with van der Waals surface area (Å²) in [4.78, 5) is 25.7. The fourth-order valence-electron chi connectivity index (χ4n) is 2.19. The first-order valence-electron chi connectivity index (χ1n) is 7.76. The molecule has 2 aromatic rings. The quantitative estimate of drug-likeness (QED) is 0.866. The van der Waals surface area contributed by atoms with Gasteiger partial charge in [-0.2, -0.15) is 0 Å². The largest absolute Gasteiger partial charge is 0.345 e. The molecule has 2 aromatic carbocycles. The van der Waals surface area contributed by atoms with Crippen molar-refractivity contribution in [2.45, 2.75) is 0 Å². The number of sulfonamides is 1. The van der Waals surface area contributed by atoms with Crippen molar-refractivity contribution in [2.75, 3.05) is 37.0 Å². The molecule has 1 N–H and O–H groups in total. The number of carbonyl (C=O) groups is 2. The van der Waals surface area contributed by atoms with E-state index in [2.05, 4.69) is 5.32 Å². The van der Waals surface area contributed by atoms with Crippen LogP contribution >= 0.6 is 0 Å². The number of hydrogen-bond donors (Lipinski definition) is 1. The second kappa shape index (κ2) is 7.57. The molecule has 0 radical (unpaired) electrons. The van der Waals surface area contributed by atoms with E-state index >= 15 is 0 Å². The van der Waals surface area contributed by atoms with Crippen molar-refractivity contribution in [3.8, 4) is 0 Å². The van der Waals surface area contributed by atoms with E-state index in [0.717, 1.165) is 10.6 Å². The standard InChI is InChI=1S/C18H21N3O4S/c1-20(2)18(23)13-8-10-15(11-9-13)19-17(22)14-6-5-7-16(12-14)21(3)26(4,24)25/h5-12H,1-4H3,(H,19,22). The Morgan fingerprint density at radius 1 is 0.923 bits per heavy atom. The Morgan fingerprint density at radius 2 is 1.54 bits per heavy atom. The van der Waals surface area contributed by atoms with Gasteiger partial charge in [0, 0.05) is 38.0 Å². The fourth-order valence-corrected chi connectivity index (χ4v) is 2.69. The van der Waals surface area contributed by atoms with Gasteiger partial charge in [-0.15, -0.1) is 0 Å². The zero-order valence-corrected chi connectivity index (χ0v) is 15.9. The molecule has 2 rings (SSSR count). The molecule has 0 bridgehead atoms. The molecule has 0 saturated carbocycles. The van der Waals surface area contributed by atoms with Gasteiger partial charge in [-0.3, -0.25) is 13.9 Å². The van der Waals surface area contributed by atoms with Gasteiger partial charge in [-0.1, -0.05) is 6.07 Å². The van der Waals surface area contributed by atoms with Crippen LogP contribution in [0.15, 0.2) is 48.5 Å². The third-order valence-corrected chi connectivity index (χ3v) is 4.97. The van der Waals surface area contributed by atoms with E-state index in [4.69, 9.17) is 0 Å². The topological polar surface area (TPSA) is 86.8 Å². The highest BCUT2D eigenvalue weighted by Crippen LogP contribution is 2.19. The minimum atomic E-state index is -3.41. The zero-order valence-electron chi connectivity index (χ0n) is 15.1. The van der Waals surface area contributed by atoms with Crippen LogP contribution in [0.3, 0.4) is 0 Å². The van der Waals surface area contributed by atoms with Gasteiger partial charge in [0.25, 0.3) is 11.8 Å². The van der Waals surface area contributed by atoms with Gasteiger partial charge in [0.05, 0.1) is 11.9 Å². The summed E-state index contributed by atoms with van der Waals surface area (Å²) in [7, 11) is 1.34. The zero-order chi connectivity index (χ0) is 19.5. The minimum absolute atomic E-state index is 0.126. The fraction of sp³-hybridized carbons (Fsp3) is 0.222. The van der Waals surface area contributed by atoms with Crippen LogP contribution in [0.4, 0.5) is 11.4 Å². The van der Waals surface area contributed by atoms with E-state index in [0.29, 0.717) is 22.5 Å². The maximum absolute atomic E-state index is 12.4. The van der Waals surface area contributed by atoms with E-state index in [9.17, 15) is 18.0 Å². The van der Waals surface area contributed by atoms with Gasteiger partial charge in [0.2, 0.25) is 10.0 Å². The van der Waals surface area contributed by atoms with Gasteiger partial charge >= 0.3 is 0 Å². The molecule has 0 heterocycles. The summed E-state index contributed by atoms with van der Waals surface area (Å²) < 4.78 is 24.4. The first kappa shape index (κ1) is 19.5. The Balaban J connectivity index is 2.17. The first-order valence-corrected chi connectivity index (χ1v) is 9.61. The summed E-state index contributed by atoms with van der Waals surface area (Å²) in [5.41, 5.74) is 1.77. The number of anilines is 2. The van der Waals surface area contributed by atoms with Gasteiger partial charge in [-0.05, 0) is 42.5 Å². The van der Waals surface area contributed by atoms with Crippen molar-refractivity contribution in [3.05, 3.63) is 59.7 Å². The normalized spacial score (nSPS) is 10.9. The average molecular weight is 375 g/mol. The molecule has 0 atom stereocenters. The maximum Gasteiger partial charge on any atom is 0.255 e. The highest BCUT2D eigenvalue weighted by molar-refractivity contribution is 7.92. The second-order valence-corrected chi connectivity index (χ2v) is 8.03. The number of amides is 2. The van der Waals surface area contributed by atoms with E-state index in [1.165, 1.54) is 18.0 Å². The first-order chi connectivity index (χ1) is 12.1. The van der Waals surface area contributed by atoms with Gasteiger partial charge in [0.1, 0.15) is 0 Å². The number of carbonyl (C=O) groups excluding carboxylic acids is 2. The molecular formula is C18H21N3O4S. The molecule has 2 amide bonds. The molecule has 138 valence electrons. The smallest absolute Gasteiger partial charge is 0.255 e. The Bertz CT molecular complexity index is 922. The van der Waals surface area contributed by atoms with Gasteiger partial charge in [0.15, 0.2) is 0 Å². The molecular weight excluding hydrogens is 354 g/mol. The number of hydrogen-bond acceptors (Lipinski definition) is 4. The van der Waals surface area contributed by atoms with Crippen LogP contribution in [0.2, 0.25) is 0 Å². The molecule has 7 nitrogen and oxygen atoms in total. The Kier molecular flexibility index (Phi) is 5.66. The van der Waals surface area contributed by atoms with Gasteiger partial charge < -0.3 is 10.2 Å². The summed E-state index contributed by atoms with van der Waals surface area (Å²) in [5, 5.41) is 2.73. The molecule has 0 aliphatic heterocycles. The summed E-state index contributed by atoms with van der Waals surface area (Å²) in [6, 6.07) is 12.9. The SMILES string of the molecule is CN(C)C(=O)c1ccc(NC(=O)c2cccc(N(C)S(C)(=O)=O)c2)cc1. The third-order valence-electron chi connectivity index (χ3n) is 3.77. The molecule has 0 unspecified atom stereocenters. The number of nitrogens with zero attached hydrogens (tertiary/aromatic N) is 2. The lowest BCUT2D eigenvalue weighted by Gasteiger charge is -2.17. The van der Waals surface area contributed by atoms with E-state index in [1.807, 2.05) is 0 Å². The van der Waals surface area contributed by atoms with Crippen molar-refractivity contribution in [2.24, 2.45) is 0 Å². The summed E-state index contributed by atoms with van der Waals surface area (Å²) in [5.74, 6) is -0.500. The molecule has 0 spiro atoms. The van der Waals surface area contributed by atoms with Crippen LogP contribution in [0, 0.1) is 0 Å². The Labute approximate surface area is 153 Å². The molecule has 0 aromatic heterocycles. The lowest BCUT2D eigenvalue weighted by molar-refractivity contribution is 0.0827. The molecule has 26 heavy (non-hydrogen) atoms. The van der Waals surface area contributed by atoms with Crippen molar-refractivity contribution in [1.29, 1.82) is 0 Å². The number of benzene rings is 2. The highest BCUT2D eigenvalue weighted by atomic mass is 32.2. The van der Waals surface area contributed by atoms with Crippen LogP contribution in [-0.4, -0.2) is 52.5 Å². The van der Waals surface area contributed by atoms with E-state index in [1.54, 1.807) is 56.6 Å². The van der Waals surface area contributed by atoms with Crippen LogP contribution in [0.5, 0.6) is 0 Å². The molecule has 8 heteroatoms. The van der Waals surface area contributed by atoms with Crippen molar-refractivity contribution in [1.82, 2.24) is 4.90 Å². The molecule has 0 aliphatic carbocycles. The average Bonchev–Trinajstić information content (AvgIpc) is 2.60. The Morgan fingerprint density at radius 3 is 2.08 bits per heavy atom. The lowest BCUT2D eigenvalue weighted by Crippen LogP contribution is -2.25. The number of nitrogens with one attached hydrogen (secondary N) is 1. The third kappa shape index (κ3) is 4.60. The van der Waals surface area contributed by atoms with Crippen molar-refractivity contribution in [3.63, 3.8) is 0 Å². The van der Waals surface area contributed by atoms with Crippen LogP contribution in [0.25, 0.3) is 0 Å². The summed E-state index contributed by atoms with van der Waals surface area (Å²) >= 11 is 0. The maximum atomic E-state index is 12.4. The highest BCUT2D eigenvalue weighted by Gasteiger charge is 2.14. The van der Waals surface area contributed by atoms with Crippen molar-refractivity contribution >= 4 is 33.2 Å². The molecule has 0 aliphatic rings. The molecule has 0 fully saturated rings. The predicted octanol–water partition coefficient (Wildman–Crippen LogP) is 2.04. The predicted molar refractivity (Wildman–Crippen MR) is 102 cm³/mol. The molecule has 0 saturated heterocycles.